The molecular weight excluding hydrogens is 400 g/mol. The van der Waals surface area contributed by atoms with Gasteiger partial charge in [0.15, 0.2) is 0 Å². The molecule has 2 aromatic carbocycles. The third-order valence-corrected chi connectivity index (χ3v) is 6.49. The van der Waals surface area contributed by atoms with Crippen LogP contribution < -0.4 is 9.88 Å². The molecule has 0 amide bonds. The van der Waals surface area contributed by atoms with Crippen molar-refractivity contribution in [2.24, 2.45) is 5.14 Å². The Morgan fingerprint density at radius 1 is 1.25 bits per heavy atom. The number of aryl methyl sites for hydroxylation is 1. The first-order valence-electron chi connectivity index (χ1n) is 8.76. The average molecular weight is 425 g/mol. The summed E-state index contributed by atoms with van der Waals surface area (Å²) in [7, 11) is -3.88. The topological polar surface area (TPSA) is 113 Å². The predicted molar refractivity (Wildman–Crippen MR) is 108 cm³/mol. The van der Waals surface area contributed by atoms with Gasteiger partial charge in [-0.3, -0.25) is 4.90 Å². The van der Waals surface area contributed by atoms with Crippen LogP contribution in [-0.4, -0.2) is 48.7 Å². The van der Waals surface area contributed by atoms with Gasteiger partial charge in [-0.05, 0) is 55.1 Å². The second kappa shape index (κ2) is 8.40. The number of thioether (sulfide) groups is 1. The number of ether oxygens (including phenoxy) is 1. The molecule has 9 heteroatoms. The van der Waals surface area contributed by atoms with Crippen LogP contribution in [0.1, 0.15) is 17.5 Å². The van der Waals surface area contributed by atoms with Crippen LogP contribution in [0.4, 0.5) is 0 Å². The zero-order chi connectivity index (χ0) is 20.5. The van der Waals surface area contributed by atoms with Gasteiger partial charge in [0.2, 0.25) is 10.0 Å². The SMILES string of the molecule is CSc1ccc(Oc2ccc(S(N)(=O)=O)cc2CN2C[C@@H](O)CC2O)cc1C. The molecule has 7 nitrogen and oxygen atoms in total. The highest BCUT2D eigenvalue weighted by atomic mass is 32.2. The molecule has 3 rings (SSSR count). The van der Waals surface area contributed by atoms with Gasteiger partial charge in [-0.2, -0.15) is 0 Å². The number of benzene rings is 2. The minimum atomic E-state index is -3.88. The summed E-state index contributed by atoms with van der Waals surface area (Å²) >= 11 is 1.65. The fourth-order valence-corrected chi connectivity index (χ4v) is 4.39. The van der Waals surface area contributed by atoms with Gasteiger partial charge < -0.3 is 14.9 Å². The molecule has 152 valence electrons. The van der Waals surface area contributed by atoms with Crippen molar-refractivity contribution in [3.05, 3.63) is 47.5 Å². The van der Waals surface area contributed by atoms with Gasteiger partial charge in [0.25, 0.3) is 0 Å². The van der Waals surface area contributed by atoms with E-state index in [2.05, 4.69) is 0 Å². The van der Waals surface area contributed by atoms with Crippen LogP contribution >= 0.6 is 11.8 Å². The Hall–Kier alpha value is -1.62. The van der Waals surface area contributed by atoms with E-state index < -0.39 is 22.4 Å². The lowest BCUT2D eigenvalue weighted by Gasteiger charge is -2.22. The van der Waals surface area contributed by atoms with E-state index in [9.17, 15) is 18.6 Å². The molecule has 2 aromatic rings. The maximum atomic E-state index is 11.8. The van der Waals surface area contributed by atoms with Crippen LogP contribution in [0.2, 0.25) is 0 Å². The molecule has 2 atom stereocenters. The molecule has 0 bridgehead atoms. The number of nitrogens with two attached hydrogens (primary N) is 1. The number of rotatable bonds is 6. The summed E-state index contributed by atoms with van der Waals surface area (Å²) in [4.78, 5) is 2.78. The van der Waals surface area contributed by atoms with E-state index in [4.69, 9.17) is 9.88 Å². The maximum Gasteiger partial charge on any atom is 0.238 e. The Morgan fingerprint density at radius 2 is 2.00 bits per heavy atom. The van der Waals surface area contributed by atoms with Gasteiger partial charge in [-0.1, -0.05) is 0 Å². The van der Waals surface area contributed by atoms with E-state index in [1.807, 2.05) is 31.4 Å². The lowest BCUT2D eigenvalue weighted by molar-refractivity contribution is 0.0323. The molecule has 0 radical (unpaired) electrons. The molecule has 0 aliphatic carbocycles. The van der Waals surface area contributed by atoms with Crippen molar-refractivity contribution in [1.82, 2.24) is 4.90 Å². The minimum absolute atomic E-state index is 0.0296. The molecule has 4 N–H and O–H groups in total. The van der Waals surface area contributed by atoms with Crippen molar-refractivity contribution < 1.29 is 23.4 Å². The van der Waals surface area contributed by atoms with E-state index in [1.165, 1.54) is 12.1 Å². The highest BCUT2D eigenvalue weighted by Gasteiger charge is 2.30. The van der Waals surface area contributed by atoms with Gasteiger partial charge in [0, 0.05) is 30.0 Å². The normalized spacial score (nSPS) is 20.5. The summed E-state index contributed by atoms with van der Waals surface area (Å²) in [6.45, 7) is 2.51. The van der Waals surface area contributed by atoms with Gasteiger partial charge in [0.05, 0.1) is 11.0 Å². The monoisotopic (exact) mass is 424 g/mol. The zero-order valence-electron chi connectivity index (χ0n) is 15.7. The third kappa shape index (κ3) is 4.86. The number of β-amino-alcohol motifs (C(OH)–C–C–N with tert-alkyl or cyclic N) is 1. The van der Waals surface area contributed by atoms with Crippen molar-refractivity contribution >= 4 is 21.8 Å². The van der Waals surface area contributed by atoms with E-state index in [1.54, 1.807) is 22.7 Å². The lowest BCUT2D eigenvalue weighted by atomic mass is 10.2. The van der Waals surface area contributed by atoms with Crippen molar-refractivity contribution in [3.63, 3.8) is 0 Å². The smallest absolute Gasteiger partial charge is 0.238 e. The number of aliphatic hydroxyl groups excluding tert-OH is 2. The first-order valence-corrected chi connectivity index (χ1v) is 11.5. The first kappa shape index (κ1) is 21.1. The lowest BCUT2D eigenvalue weighted by Crippen LogP contribution is -2.29. The predicted octanol–water partition coefficient (Wildman–Crippen LogP) is 2.04. The van der Waals surface area contributed by atoms with Crippen molar-refractivity contribution in [1.29, 1.82) is 0 Å². The second-order valence-corrected chi connectivity index (χ2v) is 9.26. The number of aliphatic hydroxyl groups is 2. The van der Waals surface area contributed by atoms with Crippen molar-refractivity contribution in [3.8, 4) is 11.5 Å². The molecule has 1 unspecified atom stereocenters. The Balaban J connectivity index is 1.94. The van der Waals surface area contributed by atoms with E-state index in [0.29, 0.717) is 23.6 Å². The minimum Gasteiger partial charge on any atom is -0.457 e. The summed E-state index contributed by atoms with van der Waals surface area (Å²) in [6, 6.07) is 10.1. The summed E-state index contributed by atoms with van der Waals surface area (Å²) in [5.41, 5.74) is 1.64. The van der Waals surface area contributed by atoms with Crippen LogP contribution in [0, 0.1) is 6.92 Å². The molecule has 1 saturated heterocycles. The third-order valence-electron chi connectivity index (χ3n) is 4.68. The summed E-state index contributed by atoms with van der Waals surface area (Å²) in [5.74, 6) is 1.10. The Bertz CT molecular complexity index is 965. The zero-order valence-corrected chi connectivity index (χ0v) is 17.3. The Kier molecular flexibility index (Phi) is 6.33. The quantitative estimate of drug-likeness (QED) is 0.608. The fraction of sp³-hybridized carbons (Fsp3) is 0.368. The molecule has 28 heavy (non-hydrogen) atoms. The number of likely N-dealkylation sites (tertiary alicyclic amines) is 1. The summed E-state index contributed by atoms with van der Waals surface area (Å²) in [5, 5.41) is 25.1. The maximum absolute atomic E-state index is 11.8. The van der Waals surface area contributed by atoms with Gasteiger partial charge in [-0.25, -0.2) is 13.6 Å². The standard InChI is InChI=1S/C19H24N2O5S2/c1-12-7-15(3-6-18(12)27-2)26-17-5-4-16(28(20,24)25)8-13(17)10-21-11-14(22)9-19(21)23/h3-8,14,19,22-23H,9-11H2,1-2H3,(H2,20,24,25)/t14-,19?/m0/s1. The number of sulfonamides is 1. The van der Waals surface area contributed by atoms with E-state index in [0.717, 1.165) is 10.5 Å². The molecule has 1 aliphatic rings. The highest BCUT2D eigenvalue weighted by molar-refractivity contribution is 7.98. The van der Waals surface area contributed by atoms with Gasteiger partial charge in [-0.15, -0.1) is 11.8 Å². The van der Waals surface area contributed by atoms with E-state index in [-0.39, 0.29) is 17.9 Å². The number of nitrogens with zero attached hydrogens (tertiary/aromatic N) is 1. The van der Waals surface area contributed by atoms with Crippen molar-refractivity contribution in [2.45, 2.75) is 42.0 Å². The second-order valence-electron chi connectivity index (χ2n) is 6.85. The first-order chi connectivity index (χ1) is 13.2. The summed E-state index contributed by atoms with van der Waals surface area (Å²) in [6.07, 6.45) is 0.829. The molecule has 0 saturated carbocycles. The molecule has 1 heterocycles. The fourth-order valence-electron chi connectivity index (χ4n) is 3.25. The van der Waals surface area contributed by atoms with Crippen LogP contribution in [0.5, 0.6) is 11.5 Å². The highest BCUT2D eigenvalue weighted by Crippen LogP contribution is 2.32. The average Bonchev–Trinajstić information content (AvgIpc) is 2.93. The van der Waals surface area contributed by atoms with Crippen LogP contribution in [0.3, 0.4) is 0 Å². The Labute approximate surface area is 169 Å². The van der Waals surface area contributed by atoms with Crippen LogP contribution in [-0.2, 0) is 16.6 Å². The summed E-state index contributed by atoms with van der Waals surface area (Å²) < 4.78 is 29.5. The van der Waals surface area contributed by atoms with Crippen molar-refractivity contribution in [2.75, 3.05) is 12.8 Å². The van der Waals surface area contributed by atoms with Gasteiger partial charge >= 0.3 is 0 Å². The Morgan fingerprint density at radius 3 is 2.57 bits per heavy atom. The number of primary sulfonamides is 1. The molecular formula is C19H24N2O5S2. The van der Waals surface area contributed by atoms with Crippen LogP contribution in [0.15, 0.2) is 46.2 Å². The molecule has 1 fully saturated rings. The molecule has 0 spiro atoms. The van der Waals surface area contributed by atoms with Gasteiger partial charge in [0.1, 0.15) is 17.7 Å². The largest absolute Gasteiger partial charge is 0.457 e. The number of hydrogen-bond acceptors (Lipinski definition) is 7. The molecule has 1 aliphatic heterocycles. The molecule has 0 aromatic heterocycles. The number of hydrogen-bond donors (Lipinski definition) is 3. The van der Waals surface area contributed by atoms with Crippen LogP contribution in [0.25, 0.3) is 0 Å². The van der Waals surface area contributed by atoms with E-state index >= 15 is 0 Å².